The van der Waals surface area contributed by atoms with E-state index in [-0.39, 0.29) is 18.2 Å². The number of piperazine rings is 1. The van der Waals surface area contributed by atoms with Gasteiger partial charge in [0.25, 0.3) is 10.2 Å². The van der Waals surface area contributed by atoms with Crippen LogP contribution in [0.5, 0.6) is 0 Å². The van der Waals surface area contributed by atoms with Gasteiger partial charge in [0.2, 0.25) is 11.8 Å². The number of nitrogens with zero attached hydrogens (tertiary/aromatic N) is 5. The van der Waals surface area contributed by atoms with Crippen LogP contribution in [0.25, 0.3) is 11.5 Å². The molecular weight excluding hydrogens is 406 g/mol. The Labute approximate surface area is 177 Å². The van der Waals surface area contributed by atoms with Gasteiger partial charge in [-0.15, -0.1) is 10.2 Å². The topological polar surface area (TPSA) is 92.0 Å². The van der Waals surface area contributed by atoms with E-state index in [9.17, 15) is 8.42 Å². The molecule has 0 bridgehead atoms. The van der Waals surface area contributed by atoms with Crippen molar-refractivity contribution in [2.45, 2.75) is 39.0 Å². The number of benzene rings is 1. The largest absolute Gasteiger partial charge is 0.419 e. The zero-order valence-corrected chi connectivity index (χ0v) is 18.5. The second-order valence-corrected chi connectivity index (χ2v) is 9.93. The third-order valence-electron chi connectivity index (χ3n) is 5.68. The normalized spacial score (nSPS) is 26.0. The van der Waals surface area contributed by atoms with Gasteiger partial charge in [0.15, 0.2) is 0 Å². The summed E-state index contributed by atoms with van der Waals surface area (Å²) in [6.07, 6.45) is -0.192. The summed E-state index contributed by atoms with van der Waals surface area (Å²) < 4.78 is 40.8. The number of ether oxygens (including phenoxy) is 1. The molecule has 2 fully saturated rings. The number of morpholine rings is 1. The second kappa shape index (κ2) is 8.72. The van der Waals surface area contributed by atoms with Gasteiger partial charge in [-0.1, -0.05) is 18.2 Å². The molecule has 9 nitrogen and oxygen atoms in total. The quantitative estimate of drug-likeness (QED) is 0.707. The Morgan fingerprint density at radius 1 is 0.967 bits per heavy atom. The summed E-state index contributed by atoms with van der Waals surface area (Å²) in [4.78, 5) is 2.18. The fourth-order valence-corrected chi connectivity index (χ4v) is 5.81. The maximum Gasteiger partial charge on any atom is 0.282 e. The Kier molecular flexibility index (Phi) is 6.21. The molecule has 0 aliphatic carbocycles. The van der Waals surface area contributed by atoms with Gasteiger partial charge in [-0.05, 0) is 32.9 Å². The van der Waals surface area contributed by atoms with E-state index in [1.165, 1.54) is 0 Å². The summed E-state index contributed by atoms with van der Waals surface area (Å²) in [5.41, 5.74) is 0.883. The first kappa shape index (κ1) is 21.4. The molecule has 0 saturated carbocycles. The average Bonchev–Trinajstić information content (AvgIpc) is 3.23. The molecule has 0 spiro atoms. The van der Waals surface area contributed by atoms with Crippen molar-refractivity contribution in [2.24, 2.45) is 0 Å². The highest BCUT2D eigenvalue weighted by Crippen LogP contribution is 2.26. The molecule has 164 valence electrons. The number of hydrogen-bond acceptors (Lipinski definition) is 7. The van der Waals surface area contributed by atoms with Gasteiger partial charge in [-0.3, -0.25) is 4.90 Å². The van der Waals surface area contributed by atoms with Gasteiger partial charge in [0, 0.05) is 44.8 Å². The molecule has 1 aromatic heterocycles. The van der Waals surface area contributed by atoms with E-state index in [1.807, 2.05) is 51.1 Å². The second-order valence-electron chi connectivity index (χ2n) is 8.00. The van der Waals surface area contributed by atoms with Crippen molar-refractivity contribution >= 4 is 10.2 Å². The Morgan fingerprint density at radius 2 is 1.60 bits per heavy atom. The Hall–Kier alpha value is -1.85. The molecule has 3 unspecified atom stereocenters. The lowest BCUT2D eigenvalue weighted by molar-refractivity contribution is -0.0458. The van der Waals surface area contributed by atoms with Crippen molar-refractivity contribution in [3.05, 3.63) is 36.2 Å². The molecule has 0 amide bonds. The summed E-state index contributed by atoms with van der Waals surface area (Å²) in [6, 6.07) is 9.58. The van der Waals surface area contributed by atoms with E-state index in [1.54, 1.807) is 8.61 Å². The number of aromatic nitrogens is 2. The fourth-order valence-electron chi connectivity index (χ4n) is 4.06. The third kappa shape index (κ3) is 4.42. The monoisotopic (exact) mass is 435 g/mol. The molecule has 2 aromatic rings. The standard InChI is InChI=1S/C20H29N5O4S/c1-15-13-25(14-16(2)28-15)30(26,27)24-11-9-23(10-12-24)17(3)19-21-22-20(29-19)18-7-5-4-6-8-18/h4-8,15-17H,9-14H2,1-3H3. The minimum Gasteiger partial charge on any atom is -0.419 e. The van der Waals surface area contributed by atoms with Crippen LogP contribution in [0, 0.1) is 0 Å². The van der Waals surface area contributed by atoms with E-state index in [0.717, 1.165) is 5.56 Å². The van der Waals surface area contributed by atoms with E-state index in [0.29, 0.717) is 51.0 Å². The summed E-state index contributed by atoms with van der Waals surface area (Å²) in [5, 5.41) is 8.38. The predicted molar refractivity (Wildman–Crippen MR) is 112 cm³/mol. The lowest BCUT2D eigenvalue weighted by Gasteiger charge is -2.41. The zero-order valence-electron chi connectivity index (χ0n) is 17.6. The van der Waals surface area contributed by atoms with Crippen LogP contribution in [-0.2, 0) is 14.9 Å². The Balaban J connectivity index is 1.38. The first-order valence-corrected chi connectivity index (χ1v) is 11.8. The van der Waals surface area contributed by atoms with Crippen LogP contribution >= 0.6 is 0 Å². The average molecular weight is 436 g/mol. The summed E-state index contributed by atoms with van der Waals surface area (Å²) >= 11 is 0. The van der Waals surface area contributed by atoms with Crippen LogP contribution in [0.1, 0.15) is 32.7 Å². The van der Waals surface area contributed by atoms with Gasteiger partial charge in [0.1, 0.15) is 0 Å². The molecule has 3 heterocycles. The number of rotatable bonds is 5. The molecule has 0 radical (unpaired) electrons. The summed E-state index contributed by atoms with van der Waals surface area (Å²) in [6.45, 7) is 8.72. The van der Waals surface area contributed by atoms with E-state index < -0.39 is 10.2 Å². The molecule has 2 aliphatic rings. The minimum absolute atomic E-state index is 0.0803. The highest BCUT2D eigenvalue weighted by Gasteiger charge is 2.37. The van der Waals surface area contributed by atoms with Crippen LogP contribution in [0.4, 0.5) is 0 Å². The first-order chi connectivity index (χ1) is 14.3. The van der Waals surface area contributed by atoms with E-state index in [4.69, 9.17) is 9.15 Å². The van der Waals surface area contributed by atoms with Crippen molar-refractivity contribution in [1.29, 1.82) is 0 Å². The predicted octanol–water partition coefficient (Wildman–Crippen LogP) is 1.77. The summed E-state index contributed by atoms with van der Waals surface area (Å²) in [5.74, 6) is 1.04. The maximum absolute atomic E-state index is 13.1. The fraction of sp³-hybridized carbons (Fsp3) is 0.600. The highest BCUT2D eigenvalue weighted by molar-refractivity contribution is 7.86. The van der Waals surface area contributed by atoms with Gasteiger partial charge in [-0.2, -0.15) is 17.0 Å². The SMILES string of the molecule is CC1CN(S(=O)(=O)N2CCN(C(C)c3nnc(-c4ccccc4)o3)CC2)CC(C)O1. The molecule has 30 heavy (non-hydrogen) atoms. The molecule has 4 rings (SSSR count). The van der Waals surface area contributed by atoms with Gasteiger partial charge < -0.3 is 9.15 Å². The molecule has 2 saturated heterocycles. The molecule has 3 atom stereocenters. The third-order valence-corrected chi connectivity index (χ3v) is 7.65. The first-order valence-electron chi connectivity index (χ1n) is 10.4. The van der Waals surface area contributed by atoms with Crippen molar-refractivity contribution < 1.29 is 17.6 Å². The van der Waals surface area contributed by atoms with Crippen LogP contribution in [0.3, 0.4) is 0 Å². The van der Waals surface area contributed by atoms with Gasteiger partial charge in [-0.25, -0.2) is 0 Å². The molecule has 10 heteroatoms. The highest BCUT2D eigenvalue weighted by atomic mass is 32.2. The Bertz CT molecular complexity index is 933. The van der Waals surface area contributed by atoms with Gasteiger partial charge in [0.05, 0.1) is 18.2 Å². The maximum atomic E-state index is 13.1. The van der Waals surface area contributed by atoms with Gasteiger partial charge >= 0.3 is 0 Å². The minimum atomic E-state index is -3.49. The van der Waals surface area contributed by atoms with Crippen LogP contribution in [-0.4, -0.2) is 83.6 Å². The molecule has 0 N–H and O–H groups in total. The van der Waals surface area contributed by atoms with Crippen molar-refractivity contribution in [3.8, 4) is 11.5 Å². The smallest absolute Gasteiger partial charge is 0.282 e. The summed E-state index contributed by atoms with van der Waals surface area (Å²) in [7, 11) is -3.49. The zero-order chi connectivity index (χ0) is 21.3. The lowest BCUT2D eigenvalue weighted by Crippen LogP contribution is -2.57. The van der Waals surface area contributed by atoms with E-state index in [2.05, 4.69) is 15.1 Å². The van der Waals surface area contributed by atoms with Crippen molar-refractivity contribution in [2.75, 3.05) is 39.3 Å². The Morgan fingerprint density at radius 3 is 2.23 bits per heavy atom. The van der Waals surface area contributed by atoms with Crippen LogP contribution < -0.4 is 0 Å². The number of hydrogen-bond donors (Lipinski definition) is 0. The van der Waals surface area contributed by atoms with Crippen LogP contribution in [0.2, 0.25) is 0 Å². The molecule has 1 aromatic carbocycles. The van der Waals surface area contributed by atoms with Crippen molar-refractivity contribution in [3.63, 3.8) is 0 Å². The molecular formula is C20H29N5O4S. The van der Waals surface area contributed by atoms with Crippen LogP contribution in [0.15, 0.2) is 34.7 Å². The van der Waals surface area contributed by atoms with Crippen molar-refractivity contribution in [1.82, 2.24) is 23.7 Å². The van der Waals surface area contributed by atoms with E-state index >= 15 is 0 Å². The lowest BCUT2D eigenvalue weighted by atomic mass is 10.2. The molecule has 2 aliphatic heterocycles.